The van der Waals surface area contributed by atoms with Crippen LogP contribution in [0.5, 0.6) is 11.5 Å². The summed E-state index contributed by atoms with van der Waals surface area (Å²) in [7, 11) is -4.94. The topological polar surface area (TPSA) is 201 Å². The Bertz CT molecular complexity index is 2450. The summed E-state index contributed by atoms with van der Waals surface area (Å²) < 4.78 is 44.4. The molecule has 4 aromatic carbocycles. The fourth-order valence-electron chi connectivity index (χ4n) is 6.13. The third-order valence-electron chi connectivity index (χ3n) is 8.84. The van der Waals surface area contributed by atoms with Crippen molar-refractivity contribution in [3.8, 4) is 45.3 Å². The molecule has 12 nitrogen and oxygen atoms in total. The number of rotatable bonds is 11. The summed E-state index contributed by atoms with van der Waals surface area (Å²) in [6.45, 7) is 7.79. The summed E-state index contributed by atoms with van der Waals surface area (Å²) >= 11 is 0. The summed E-state index contributed by atoms with van der Waals surface area (Å²) in [5.41, 5.74) is 8.34. The minimum absolute atomic E-state index is 0. The molecule has 63 heavy (non-hydrogen) atoms. The second-order valence-electron chi connectivity index (χ2n) is 13.3. The monoisotopic (exact) mass is 915 g/mol. The first-order chi connectivity index (χ1) is 30.0. The molecule has 4 heterocycles. The number of hydrogen-bond donors (Lipinski definition) is 0. The molecule has 0 amide bonds. The zero-order chi connectivity index (χ0) is 44.2. The molecule has 0 spiro atoms. The molecule has 14 heteroatoms. The van der Waals surface area contributed by atoms with Crippen molar-refractivity contribution in [1.82, 2.24) is 19.9 Å². The summed E-state index contributed by atoms with van der Waals surface area (Å²) in [6.07, 6.45) is 1.84. The van der Waals surface area contributed by atoms with Gasteiger partial charge in [-0.15, -0.1) is 10.2 Å². The maximum Gasteiger partial charge on any atom is 2.00 e. The van der Waals surface area contributed by atoms with E-state index in [9.17, 15) is 10.2 Å². The van der Waals surface area contributed by atoms with E-state index in [2.05, 4.69) is 76.6 Å². The van der Waals surface area contributed by atoms with Crippen LogP contribution in [0.4, 0.5) is 0 Å². The van der Waals surface area contributed by atoms with E-state index >= 15 is 0 Å². The van der Waals surface area contributed by atoms with Gasteiger partial charge >= 0.3 is 28.4 Å². The van der Waals surface area contributed by atoms with Crippen molar-refractivity contribution in [2.75, 3.05) is 13.2 Å². The summed E-state index contributed by atoms with van der Waals surface area (Å²) in [5.74, 6) is -1.02. The van der Waals surface area contributed by atoms with Crippen LogP contribution in [0.25, 0.3) is 44.8 Å². The Hall–Kier alpha value is -6.09. The van der Waals surface area contributed by atoms with Gasteiger partial charge < -0.3 is 14.9 Å². The van der Waals surface area contributed by atoms with E-state index in [0.717, 1.165) is 59.4 Å². The van der Waals surface area contributed by atoms with Crippen molar-refractivity contribution in [3.63, 3.8) is 0 Å². The molecule has 0 aliphatic rings. The van der Waals surface area contributed by atoms with E-state index in [-0.39, 0.29) is 22.8 Å². The fourth-order valence-corrected chi connectivity index (χ4v) is 6.13. The molecule has 0 saturated heterocycles. The Morgan fingerprint density at radius 3 is 1.40 bits per heavy atom. The van der Waals surface area contributed by atoms with E-state index in [1.807, 2.05) is 74.6 Å². The van der Waals surface area contributed by atoms with Gasteiger partial charge in [0.1, 0.15) is 0 Å². The zero-order valence-corrected chi connectivity index (χ0v) is 36.2. The molecular formula is C49H45ClCuN4O8. The molecule has 0 N–H and O–H groups in total. The van der Waals surface area contributed by atoms with Gasteiger partial charge in [0.25, 0.3) is 0 Å². The van der Waals surface area contributed by atoms with Crippen LogP contribution < -0.4 is 28.8 Å². The first-order valence-corrected chi connectivity index (χ1v) is 20.9. The number of para-hydroxylation sites is 1. The fraction of sp³-hybridized carbons (Fsp3) is 0.143. The molecular weight excluding hydrogens is 872 g/mol. The van der Waals surface area contributed by atoms with E-state index in [4.69, 9.17) is 37.8 Å². The van der Waals surface area contributed by atoms with Gasteiger partial charge in [-0.1, -0.05) is 115 Å². The first kappa shape index (κ1) is 49.6. The van der Waals surface area contributed by atoms with Gasteiger partial charge in [-0.3, -0.25) is 19.9 Å². The summed E-state index contributed by atoms with van der Waals surface area (Å²) in [5, 5.41) is 24.2. The first-order valence-electron chi connectivity index (χ1n) is 19.6. The Morgan fingerprint density at radius 1 is 0.508 bits per heavy atom. The van der Waals surface area contributed by atoms with Gasteiger partial charge in [0, 0.05) is 56.2 Å². The molecule has 0 aliphatic heterocycles. The SMILES string of the molecule is CCOCC.[Cu+2].[O-][Cl+3]([O-])([O-])[O-].[O-]c1c(-c2ccccc2)[o+]c2ccccc2c1[O-].c1ccc(-c2cccc(CN(Cc3ccccn3)Cc3cccc(-c4ccccc4)n3)n2)cc1. The molecule has 4 aromatic heterocycles. The van der Waals surface area contributed by atoms with Crippen molar-refractivity contribution in [2.45, 2.75) is 33.5 Å². The molecule has 0 saturated carbocycles. The predicted molar refractivity (Wildman–Crippen MR) is 224 cm³/mol. The van der Waals surface area contributed by atoms with Crippen molar-refractivity contribution in [2.24, 2.45) is 0 Å². The van der Waals surface area contributed by atoms with Crippen LogP contribution in [0.3, 0.4) is 0 Å². The maximum absolute atomic E-state index is 12.0. The summed E-state index contributed by atoms with van der Waals surface area (Å²) in [6, 6.07) is 54.8. The Morgan fingerprint density at radius 2 is 0.937 bits per heavy atom. The zero-order valence-electron chi connectivity index (χ0n) is 34.5. The van der Waals surface area contributed by atoms with Crippen LogP contribution in [-0.4, -0.2) is 33.1 Å². The number of aromatic nitrogens is 3. The van der Waals surface area contributed by atoms with Crippen molar-refractivity contribution >= 4 is 11.0 Å². The molecule has 1 radical (unpaired) electrons. The van der Waals surface area contributed by atoms with Crippen LogP contribution in [0.2, 0.25) is 0 Å². The maximum atomic E-state index is 12.0. The van der Waals surface area contributed by atoms with E-state index in [1.54, 1.807) is 48.5 Å². The van der Waals surface area contributed by atoms with Crippen molar-refractivity contribution in [1.29, 1.82) is 0 Å². The molecule has 0 bridgehead atoms. The number of hydrogen-bond acceptors (Lipinski definition) is 11. The second-order valence-corrected chi connectivity index (χ2v) is 14.1. The molecule has 327 valence electrons. The quantitative estimate of drug-likeness (QED) is 0.121. The Labute approximate surface area is 379 Å². The van der Waals surface area contributed by atoms with Crippen LogP contribution in [0.15, 0.2) is 180 Å². The van der Waals surface area contributed by atoms with Crippen molar-refractivity contribution < 1.29 is 65.3 Å². The van der Waals surface area contributed by atoms with Gasteiger partial charge in [-0.2, -0.15) is 0 Å². The number of pyridine rings is 3. The van der Waals surface area contributed by atoms with E-state index < -0.39 is 21.7 Å². The van der Waals surface area contributed by atoms with Gasteiger partial charge in [-0.25, -0.2) is 23.1 Å². The molecule has 0 atom stereocenters. The largest absolute Gasteiger partial charge is 2.00 e. The molecule has 8 rings (SSSR count). The standard InChI is InChI=1S/C30H26N4.C15H10O3.C4H10O.ClHO4.Cu/c1-3-11-24(12-4-1)29-18-9-16-27(32-29)22-34(21-26-15-7-8-20-31-26)23-28-17-10-19-30(33-28)25-13-5-2-6-14-25;16-13-11-8-4-5-9-12(11)18-15(14(13)17)10-6-2-1-3-7-10;1-3-5-4-2;2-1(3,4)5;/h1-20H,21-23H2;1-9H,(H-,16,17);3-4H2,1-2H3;(H,2,3,4,5);/q;;;;+2/p-2. The van der Waals surface area contributed by atoms with E-state index in [1.165, 1.54) is 0 Å². The van der Waals surface area contributed by atoms with Gasteiger partial charge in [0.2, 0.25) is 0 Å². The predicted octanol–water partition coefficient (Wildman–Crippen LogP) is 5.22. The van der Waals surface area contributed by atoms with Crippen LogP contribution in [-0.2, 0) is 41.4 Å². The number of ether oxygens (including phenoxy) is 1. The third kappa shape index (κ3) is 16.6. The van der Waals surface area contributed by atoms with Crippen LogP contribution >= 0.6 is 0 Å². The molecule has 0 unspecified atom stereocenters. The van der Waals surface area contributed by atoms with Gasteiger partial charge in [-0.05, 0) is 74.2 Å². The van der Waals surface area contributed by atoms with Crippen molar-refractivity contribution in [3.05, 3.63) is 193 Å². The Balaban J connectivity index is 0.000000250. The second kappa shape index (κ2) is 25.8. The number of benzene rings is 4. The van der Waals surface area contributed by atoms with E-state index in [0.29, 0.717) is 29.6 Å². The number of fused-ring (bicyclic) bond motifs is 1. The average molecular weight is 917 g/mol. The number of nitrogens with zero attached hydrogens (tertiary/aromatic N) is 4. The average Bonchev–Trinajstić information content (AvgIpc) is 3.29. The smallest absolute Gasteiger partial charge is 0.872 e. The minimum Gasteiger partial charge on any atom is -0.872 e. The van der Waals surface area contributed by atoms with Crippen LogP contribution in [0, 0.1) is 10.2 Å². The normalized spacial score (nSPS) is 10.6. The Kier molecular flexibility index (Phi) is 20.3. The molecule has 8 aromatic rings. The summed E-state index contributed by atoms with van der Waals surface area (Å²) in [4.78, 5) is 16.8. The van der Waals surface area contributed by atoms with Gasteiger partial charge in [0.15, 0.2) is 0 Å². The molecule has 0 aliphatic carbocycles. The van der Waals surface area contributed by atoms with Crippen LogP contribution in [0.1, 0.15) is 30.9 Å². The minimum atomic E-state index is -4.94. The third-order valence-corrected chi connectivity index (χ3v) is 8.84. The number of halogens is 1. The molecule has 0 fully saturated rings. The van der Waals surface area contributed by atoms with Gasteiger partial charge in [0.05, 0.1) is 39.4 Å².